The average molecular weight is 280 g/mol. The third kappa shape index (κ3) is 5.13. The van der Waals surface area contributed by atoms with E-state index in [1.807, 2.05) is 4.90 Å². The zero-order valence-electron chi connectivity index (χ0n) is 12.6. The second kappa shape index (κ2) is 9.25. The summed E-state index contributed by atoms with van der Waals surface area (Å²) in [6.45, 7) is 6.89. The number of rotatable bonds is 9. The first-order chi connectivity index (χ1) is 9.72. The van der Waals surface area contributed by atoms with Gasteiger partial charge in [0.25, 0.3) is 5.91 Å². The quantitative estimate of drug-likeness (QED) is 0.699. The summed E-state index contributed by atoms with van der Waals surface area (Å²) in [6.07, 6.45) is 5.04. The van der Waals surface area contributed by atoms with Crippen LogP contribution < -0.4 is 5.32 Å². The van der Waals surface area contributed by atoms with Gasteiger partial charge in [0.05, 0.1) is 12.2 Å². The van der Waals surface area contributed by atoms with E-state index in [2.05, 4.69) is 29.1 Å². The van der Waals surface area contributed by atoms with Crippen molar-refractivity contribution in [3.8, 4) is 0 Å². The molecule has 112 valence electrons. The molecule has 1 N–H and O–H groups in total. The zero-order chi connectivity index (χ0) is 14.8. The van der Waals surface area contributed by atoms with Crippen molar-refractivity contribution in [1.82, 2.24) is 14.9 Å². The SMILES string of the molecule is CCCN(CCC)C(=O)c1cnc(NCCOC)nc1. The van der Waals surface area contributed by atoms with Crippen molar-refractivity contribution in [3.05, 3.63) is 18.0 Å². The number of amides is 1. The fraction of sp³-hybridized carbons (Fsp3) is 0.643. The summed E-state index contributed by atoms with van der Waals surface area (Å²) in [5.41, 5.74) is 0.532. The number of hydrogen-bond donors (Lipinski definition) is 1. The molecule has 0 saturated carbocycles. The van der Waals surface area contributed by atoms with E-state index in [4.69, 9.17) is 4.74 Å². The van der Waals surface area contributed by atoms with E-state index in [1.54, 1.807) is 19.5 Å². The Hall–Kier alpha value is -1.69. The first kappa shape index (κ1) is 16.4. The lowest BCUT2D eigenvalue weighted by atomic mass is 10.2. The van der Waals surface area contributed by atoms with Crippen LogP contribution in [0.4, 0.5) is 5.95 Å². The number of methoxy groups -OCH3 is 1. The summed E-state index contributed by atoms with van der Waals surface area (Å²) < 4.78 is 4.93. The van der Waals surface area contributed by atoms with E-state index < -0.39 is 0 Å². The number of carbonyl (C=O) groups is 1. The summed E-state index contributed by atoms with van der Waals surface area (Å²) in [5.74, 6) is 0.508. The smallest absolute Gasteiger partial charge is 0.256 e. The molecule has 0 atom stereocenters. The van der Waals surface area contributed by atoms with Crippen molar-refractivity contribution in [2.75, 3.05) is 38.7 Å². The molecule has 0 fully saturated rings. The predicted molar refractivity (Wildman–Crippen MR) is 78.9 cm³/mol. The Morgan fingerprint density at radius 2 is 1.85 bits per heavy atom. The molecule has 0 aromatic carbocycles. The minimum atomic E-state index is -0.00265. The number of ether oxygens (including phenoxy) is 1. The molecule has 1 amide bonds. The molecule has 0 aliphatic rings. The van der Waals surface area contributed by atoms with Crippen molar-refractivity contribution in [1.29, 1.82) is 0 Å². The van der Waals surface area contributed by atoms with Crippen LogP contribution in [-0.2, 0) is 4.74 Å². The summed E-state index contributed by atoms with van der Waals surface area (Å²) in [7, 11) is 1.64. The molecule has 0 aliphatic heterocycles. The van der Waals surface area contributed by atoms with Gasteiger partial charge in [-0.3, -0.25) is 4.79 Å². The van der Waals surface area contributed by atoms with Crippen LogP contribution in [0.25, 0.3) is 0 Å². The highest BCUT2D eigenvalue weighted by atomic mass is 16.5. The predicted octanol–water partition coefficient (Wildman–Crippen LogP) is 1.80. The molecular formula is C14H24N4O2. The topological polar surface area (TPSA) is 67.4 Å². The Bertz CT molecular complexity index is 389. The first-order valence-corrected chi connectivity index (χ1v) is 7.07. The highest BCUT2D eigenvalue weighted by molar-refractivity contribution is 5.93. The molecule has 6 heteroatoms. The third-order valence-electron chi connectivity index (χ3n) is 2.76. The van der Waals surface area contributed by atoms with Gasteiger partial charge in [0, 0.05) is 39.1 Å². The van der Waals surface area contributed by atoms with Crippen LogP contribution in [0.2, 0.25) is 0 Å². The molecule has 1 aromatic rings. The number of aromatic nitrogens is 2. The monoisotopic (exact) mass is 280 g/mol. The van der Waals surface area contributed by atoms with Crippen molar-refractivity contribution in [2.24, 2.45) is 0 Å². The fourth-order valence-electron chi connectivity index (χ4n) is 1.83. The second-order valence-electron chi connectivity index (χ2n) is 4.51. The molecule has 0 saturated heterocycles. The minimum absolute atomic E-state index is 0.00265. The molecule has 20 heavy (non-hydrogen) atoms. The number of nitrogens with zero attached hydrogens (tertiary/aromatic N) is 3. The van der Waals surface area contributed by atoms with Gasteiger partial charge in [0.15, 0.2) is 0 Å². The molecule has 0 spiro atoms. The van der Waals surface area contributed by atoms with Crippen LogP contribution in [0.3, 0.4) is 0 Å². The highest BCUT2D eigenvalue weighted by Crippen LogP contribution is 2.06. The fourth-order valence-corrected chi connectivity index (χ4v) is 1.83. The average Bonchev–Trinajstić information content (AvgIpc) is 2.47. The van der Waals surface area contributed by atoms with Gasteiger partial charge in [-0.25, -0.2) is 9.97 Å². The van der Waals surface area contributed by atoms with E-state index in [1.165, 1.54) is 0 Å². The maximum Gasteiger partial charge on any atom is 0.256 e. The van der Waals surface area contributed by atoms with Crippen molar-refractivity contribution < 1.29 is 9.53 Å². The Morgan fingerprint density at radius 1 is 1.25 bits per heavy atom. The molecule has 0 bridgehead atoms. The minimum Gasteiger partial charge on any atom is -0.383 e. The molecule has 1 rings (SSSR count). The van der Waals surface area contributed by atoms with Gasteiger partial charge in [-0.15, -0.1) is 0 Å². The van der Waals surface area contributed by atoms with Gasteiger partial charge in [-0.1, -0.05) is 13.8 Å². The molecule has 0 radical (unpaired) electrons. The standard InChI is InChI=1S/C14H24N4O2/c1-4-7-18(8-5-2)13(19)12-10-16-14(17-11-12)15-6-9-20-3/h10-11H,4-9H2,1-3H3,(H,15,16,17). The van der Waals surface area contributed by atoms with Gasteiger partial charge in [-0.05, 0) is 12.8 Å². The largest absolute Gasteiger partial charge is 0.383 e. The summed E-state index contributed by atoms with van der Waals surface area (Å²) in [4.78, 5) is 22.4. The second-order valence-corrected chi connectivity index (χ2v) is 4.51. The highest BCUT2D eigenvalue weighted by Gasteiger charge is 2.14. The number of anilines is 1. The Balaban J connectivity index is 2.63. The maximum absolute atomic E-state index is 12.3. The molecule has 6 nitrogen and oxygen atoms in total. The lowest BCUT2D eigenvalue weighted by Gasteiger charge is -2.21. The summed E-state index contributed by atoms with van der Waals surface area (Å²) in [6, 6.07) is 0. The van der Waals surface area contributed by atoms with Crippen LogP contribution in [0.5, 0.6) is 0 Å². The Morgan fingerprint density at radius 3 is 2.35 bits per heavy atom. The van der Waals surface area contributed by atoms with Crippen LogP contribution in [0.15, 0.2) is 12.4 Å². The van der Waals surface area contributed by atoms with Gasteiger partial charge in [-0.2, -0.15) is 0 Å². The Kier molecular flexibility index (Phi) is 7.57. The van der Waals surface area contributed by atoms with Gasteiger partial charge in [0.2, 0.25) is 5.95 Å². The van der Waals surface area contributed by atoms with E-state index in [-0.39, 0.29) is 5.91 Å². The maximum atomic E-state index is 12.3. The normalized spacial score (nSPS) is 10.3. The molecule has 0 aliphatic carbocycles. The van der Waals surface area contributed by atoms with E-state index >= 15 is 0 Å². The van der Waals surface area contributed by atoms with E-state index in [9.17, 15) is 4.79 Å². The van der Waals surface area contributed by atoms with Crippen LogP contribution in [-0.4, -0.2) is 54.1 Å². The number of nitrogens with one attached hydrogen (secondary N) is 1. The third-order valence-corrected chi connectivity index (χ3v) is 2.76. The van der Waals surface area contributed by atoms with Crippen molar-refractivity contribution in [2.45, 2.75) is 26.7 Å². The lowest BCUT2D eigenvalue weighted by Crippen LogP contribution is -2.32. The van der Waals surface area contributed by atoms with Crippen LogP contribution in [0, 0.1) is 0 Å². The zero-order valence-corrected chi connectivity index (χ0v) is 12.6. The van der Waals surface area contributed by atoms with Gasteiger partial charge >= 0.3 is 0 Å². The van der Waals surface area contributed by atoms with Gasteiger partial charge in [0.1, 0.15) is 0 Å². The van der Waals surface area contributed by atoms with Crippen molar-refractivity contribution in [3.63, 3.8) is 0 Å². The van der Waals surface area contributed by atoms with Crippen LogP contribution >= 0.6 is 0 Å². The number of hydrogen-bond acceptors (Lipinski definition) is 5. The Labute approximate surface area is 120 Å². The first-order valence-electron chi connectivity index (χ1n) is 7.07. The molecule has 1 aromatic heterocycles. The van der Waals surface area contributed by atoms with Gasteiger partial charge < -0.3 is 15.0 Å². The van der Waals surface area contributed by atoms with E-state index in [0.717, 1.165) is 25.9 Å². The van der Waals surface area contributed by atoms with Crippen molar-refractivity contribution >= 4 is 11.9 Å². The number of carbonyl (C=O) groups excluding carboxylic acids is 1. The molecule has 1 heterocycles. The molecular weight excluding hydrogens is 256 g/mol. The summed E-state index contributed by atoms with van der Waals surface area (Å²) >= 11 is 0. The van der Waals surface area contributed by atoms with E-state index in [0.29, 0.717) is 24.7 Å². The van der Waals surface area contributed by atoms with Crippen LogP contribution in [0.1, 0.15) is 37.0 Å². The summed E-state index contributed by atoms with van der Waals surface area (Å²) in [5, 5.41) is 3.02. The lowest BCUT2D eigenvalue weighted by molar-refractivity contribution is 0.0754. The molecule has 0 unspecified atom stereocenters.